The lowest BCUT2D eigenvalue weighted by atomic mass is 9.62. The average Bonchev–Trinajstić information content (AvgIpc) is 1.16. The normalized spacial score (nSPS) is 28.7. The molecular formula is C77H70N4O. The molecule has 0 fully saturated rings. The number of hydrogen-bond acceptors (Lipinski definition) is 2. The number of benzene rings is 9. The van der Waals surface area contributed by atoms with Crippen molar-refractivity contribution in [1.82, 2.24) is 14.1 Å². The number of fused-ring (bicyclic) bond motifs is 6. The number of para-hydroxylation sites is 2. The summed E-state index contributed by atoms with van der Waals surface area (Å²) >= 11 is 0. The monoisotopic (exact) mass is 1120 g/mol. The van der Waals surface area contributed by atoms with E-state index >= 15 is 0 Å². The first-order chi connectivity index (χ1) is 60.5. The van der Waals surface area contributed by atoms with Crippen LogP contribution in [0.25, 0.3) is 94.5 Å². The number of aryl methyl sites for hydroxylation is 1. The zero-order valence-corrected chi connectivity index (χ0v) is 42.2. The molecule has 2 aliphatic carbocycles. The summed E-state index contributed by atoms with van der Waals surface area (Å²) in [5.74, 6) is -0.280. The number of rotatable bonds is 9. The second kappa shape index (κ2) is 19.2. The van der Waals surface area contributed by atoms with Crippen LogP contribution in [0.15, 0.2) is 212 Å². The van der Waals surface area contributed by atoms with Gasteiger partial charge in [0.1, 0.15) is 17.3 Å². The number of hydrogen-bond donors (Lipinski definition) is 0. The summed E-state index contributed by atoms with van der Waals surface area (Å²) in [6, 6.07) is 3.93. The van der Waals surface area contributed by atoms with Crippen molar-refractivity contribution in [3.63, 3.8) is 0 Å². The maximum absolute atomic E-state index is 10.5. The van der Waals surface area contributed by atoms with Crippen LogP contribution in [-0.4, -0.2) is 14.1 Å². The molecule has 3 aromatic heterocycles. The van der Waals surface area contributed by atoms with E-state index in [1.807, 2.05) is 0 Å². The third-order valence-electron chi connectivity index (χ3n) is 14.1. The molecule has 0 spiro atoms. The Morgan fingerprint density at radius 1 is 0.512 bits per heavy atom. The summed E-state index contributed by atoms with van der Waals surface area (Å²) in [7, 11) is 0. The van der Waals surface area contributed by atoms with E-state index in [-0.39, 0.29) is 45.2 Å². The second-order valence-corrected chi connectivity index (χ2v) is 19.4. The predicted molar refractivity (Wildman–Crippen MR) is 339 cm³/mol. The molecule has 404 valence electrons. The molecule has 3 heterocycles. The highest BCUT2D eigenvalue weighted by Gasteiger charge is 2.39. The summed E-state index contributed by atoms with van der Waals surface area (Å²) in [5, 5.41) is 1.04. The summed E-state index contributed by atoms with van der Waals surface area (Å²) in [5.41, 5.74) is -36.1. The van der Waals surface area contributed by atoms with E-state index in [1.165, 1.54) is 41.0 Å². The van der Waals surface area contributed by atoms with Gasteiger partial charge in [0.15, 0.2) is 0 Å². The Morgan fingerprint density at radius 3 is 1.78 bits per heavy atom. The average molecular weight is 1120 g/mol. The molecule has 0 atom stereocenters. The molecule has 0 bridgehead atoms. The van der Waals surface area contributed by atoms with Crippen LogP contribution in [0.3, 0.4) is 0 Å². The molecule has 5 nitrogen and oxygen atoms in total. The molecule has 82 heavy (non-hydrogen) atoms. The standard InChI is InChI=1S/C77H70N4O/c1-50-42-72(78-48-63(50)52-22-14-11-15-23-52)81-68-29-17-16-26-61(68)62-34-33-58(47-70(62)81)82-57-25-18-24-56(46-57)79-49-80(69-37-32-53(45-71(69)79)51-20-12-10-13-21-51)73-59(54-30-35-64-66(43-54)76(6,7)40-38-74(64,2)3)27-19-28-60(73)55-31-36-65-67(44-55)77(8,9)41-39-75(65,4)5/h10-37,42-48H,38-41H2,1-9H3/i1D3,2D3,3D3,4D3,5D3,6D3,7D3,8D3,9D3,10D,11D,12D,13D,14D,15D,20D,21D,22D,23D,30D,31D,35D,36D,38D2,39D2,40D2,41D2,43D,44D. The Kier molecular flexibility index (Phi) is 4.74. The Morgan fingerprint density at radius 2 is 1.12 bits per heavy atom. The minimum absolute atomic E-state index is 0.0354. The SMILES string of the molecule is [2H]c1c([2H])c([2H])c(-c2ccc3c(c2)n(-c2cccc(Oc4ccc5c6ccccc6n(-c6cc(C([2H])([2H])[2H])c(-c7c([2H])c([2H])c([2H])c([2H])c7[2H])cn6)c5c4)c2)[c-][n+]3-c2c(-c3c([2H])c([2H])c4c(c3[2H])C(C([2H])([2H])[2H])(C([2H])([2H])[2H])C([2H])([2H])C([2H])([2H])C4(C([2H])([2H])[2H])C([2H])([2H])[2H])cccc2-c2c([2H])c([2H])c3c(c2[2H])C(C([2H])([2H])[2H])(C([2H])([2H])[2H])C([2H])([2H])C([2H])([2H])C3(C([2H])([2H])[2H])C([2H])([2H])[2H])c([2H])c1[2H]. The highest BCUT2D eigenvalue weighted by atomic mass is 16.5. The fourth-order valence-corrected chi connectivity index (χ4v) is 10.3. The van der Waals surface area contributed by atoms with Gasteiger partial charge in [-0.2, -0.15) is 0 Å². The van der Waals surface area contributed by atoms with Gasteiger partial charge in [0, 0.05) is 76.6 Å². The lowest BCUT2D eigenvalue weighted by molar-refractivity contribution is -0.571. The van der Waals surface area contributed by atoms with Crippen molar-refractivity contribution < 1.29 is 79.2 Å². The quantitative estimate of drug-likeness (QED) is 0.107. The molecule has 0 unspecified atom stereocenters. The number of pyridine rings is 1. The molecule has 5 heteroatoms. The summed E-state index contributed by atoms with van der Waals surface area (Å²) in [6.07, 6.45) is -15.8. The van der Waals surface area contributed by atoms with Crippen LogP contribution in [0.2, 0.25) is 0 Å². The smallest absolute Gasteiger partial charge is 0.269 e. The highest BCUT2D eigenvalue weighted by Crippen LogP contribution is 2.50. The maximum atomic E-state index is 10.5. The zero-order valence-electron chi connectivity index (χ0n) is 93.2. The van der Waals surface area contributed by atoms with Crippen LogP contribution in [0.5, 0.6) is 11.5 Å². The second-order valence-electron chi connectivity index (χ2n) is 19.4. The highest BCUT2D eigenvalue weighted by molar-refractivity contribution is 6.09. The van der Waals surface area contributed by atoms with E-state index in [0.717, 1.165) is 57.8 Å². The van der Waals surface area contributed by atoms with Crippen molar-refractivity contribution in [3.8, 4) is 73.2 Å². The van der Waals surface area contributed by atoms with Crippen LogP contribution in [0.4, 0.5) is 0 Å². The zero-order chi connectivity index (χ0) is 99.9. The molecular weight excluding hydrogens is 997 g/mol. The third kappa shape index (κ3) is 8.67. The number of imidazole rings is 1. The third-order valence-corrected chi connectivity index (χ3v) is 14.1. The Labute approximate surface area is 554 Å². The van der Waals surface area contributed by atoms with Gasteiger partial charge in [0.05, 0.1) is 55.4 Å². The first-order valence-electron chi connectivity index (χ1n) is 50.4. The van der Waals surface area contributed by atoms with Crippen LogP contribution < -0.4 is 9.30 Å². The summed E-state index contributed by atoms with van der Waals surface area (Å²) in [4.78, 5) is 4.62. The molecule has 0 saturated carbocycles. The van der Waals surface area contributed by atoms with Crippen molar-refractivity contribution >= 4 is 32.8 Å². The molecule has 14 rings (SSSR count). The van der Waals surface area contributed by atoms with Crippen molar-refractivity contribution in [3.05, 3.63) is 246 Å². The van der Waals surface area contributed by atoms with Gasteiger partial charge in [0.2, 0.25) is 0 Å². The topological polar surface area (TPSA) is 35.9 Å². The molecule has 2 aliphatic rings. The first-order valence-corrected chi connectivity index (χ1v) is 24.9. The molecule has 0 aliphatic heterocycles. The molecule has 0 N–H and O–H groups in total. The molecule has 9 aromatic carbocycles. The lowest BCUT2D eigenvalue weighted by Crippen LogP contribution is -2.34. The van der Waals surface area contributed by atoms with Gasteiger partial charge in [0.25, 0.3) is 6.33 Å². The Hall–Kier alpha value is -8.80. The van der Waals surface area contributed by atoms with Gasteiger partial charge in [-0.25, -0.2) is 4.98 Å². The Balaban J connectivity index is 1.15. The lowest BCUT2D eigenvalue weighted by Gasteiger charge is -2.42. The molecule has 0 radical (unpaired) electrons. The van der Waals surface area contributed by atoms with E-state index in [0.29, 0.717) is 16.3 Å². The largest absolute Gasteiger partial charge is 0.458 e. The van der Waals surface area contributed by atoms with Crippen LogP contribution in [0, 0.1) is 13.2 Å². The van der Waals surface area contributed by atoms with Gasteiger partial charge in [-0.3, -0.25) is 13.7 Å². The summed E-state index contributed by atoms with van der Waals surface area (Å²) < 4.78 is 479. The Bertz CT molecular complexity index is 6640. The van der Waals surface area contributed by atoms with Crippen molar-refractivity contribution in [2.75, 3.05) is 0 Å². The number of aromatic nitrogens is 4. The molecule has 0 amide bonds. The predicted octanol–water partition coefficient (Wildman–Crippen LogP) is 19.7. The van der Waals surface area contributed by atoms with E-state index in [1.54, 1.807) is 30.3 Å². The minimum Gasteiger partial charge on any atom is -0.458 e. The van der Waals surface area contributed by atoms with Gasteiger partial charge in [-0.05, 0) is 169 Å². The minimum atomic E-state index is -4.98. The van der Waals surface area contributed by atoms with Gasteiger partial charge < -0.3 is 4.74 Å². The van der Waals surface area contributed by atoms with Gasteiger partial charge in [-0.15, -0.1) is 0 Å². The van der Waals surface area contributed by atoms with Crippen molar-refractivity contribution in [2.45, 2.75) is 109 Å². The van der Waals surface area contributed by atoms with Crippen LogP contribution >= 0.6 is 0 Å². The van der Waals surface area contributed by atoms with E-state index < -0.39 is 278 Å². The molecule has 12 aromatic rings. The van der Waals surface area contributed by atoms with Crippen molar-refractivity contribution in [1.29, 1.82) is 0 Å². The van der Waals surface area contributed by atoms with E-state index in [4.69, 9.17) is 52.7 Å². The van der Waals surface area contributed by atoms with Crippen LogP contribution in [0.1, 0.15) is 178 Å². The van der Waals surface area contributed by atoms with Crippen molar-refractivity contribution in [2.24, 2.45) is 0 Å². The summed E-state index contributed by atoms with van der Waals surface area (Å²) in [6.45, 7) is -40.4. The fraction of sp³-hybridized carbons (Fsp3) is 0.221. The molecule has 0 saturated heterocycles. The van der Waals surface area contributed by atoms with Gasteiger partial charge in [-0.1, -0.05) is 206 Å². The number of nitrogens with zero attached hydrogens (tertiary/aromatic N) is 4. The van der Waals surface area contributed by atoms with E-state index in [2.05, 4.69) is 11.3 Å². The first kappa shape index (κ1) is 20.3. The van der Waals surface area contributed by atoms with E-state index in [9.17, 15) is 21.9 Å². The number of ether oxygens (including phenoxy) is 1. The van der Waals surface area contributed by atoms with Crippen LogP contribution in [-0.2, 0) is 21.7 Å². The fourth-order valence-electron chi connectivity index (χ4n) is 10.3. The maximum Gasteiger partial charge on any atom is 0.269 e. The van der Waals surface area contributed by atoms with Gasteiger partial charge >= 0.3 is 0 Å².